The van der Waals surface area contributed by atoms with Crippen molar-refractivity contribution in [3.63, 3.8) is 0 Å². The Morgan fingerprint density at radius 2 is 2.18 bits per heavy atom. The smallest absolute Gasteiger partial charge is 0.0810 e. The summed E-state index contributed by atoms with van der Waals surface area (Å²) in [5.41, 5.74) is 1.86. The molecular weight excluding hydrogens is 136 g/mol. The molecule has 0 aliphatic heterocycles. The molecule has 0 atom stereocenters. The quantitative estimate of drug-likeness (QED) is 0.642. The van der Waals surface area contributed by atoms with E-state index in [0.717, 1.165) is 11.4 Å². The van der Waals surface area contributed by atoms with Gasteiger partial charge in [0, 0.05) is 6.20 Å². The van der Waals surface area contributed by atoms with Crippen molar-refractivity contribution in [3.8, 4) is 0 Å². The van der Waals surface area contributed by atoms with E-state index in [1.165, 1.54) is 0 Å². The van der Waals surface area contributed by atoms with Crippen molar-refractivity contribution >= 4 is 6.08 Å². The molecule has 0 radical (unpaired) electrons. The van der Waals surface area contributed by atoms with Crippen molar-refractivity contribution in [3.05, 3.63) is 30.4 Å². The van der Waals surface area contributed by atoms with Crippen LogP contribution in [0.1, 0.15) is 31.2 Å². The van der Waals surface area contributed by atoms with E-state index < -0.39 is 0 Å². The third-order valence-corrected chi connectivity index (χ3v) is 1.47. The number of hydrogen-bond donors (Lipinski definition) is 0. The molecule has 2 heteroatoms. The van der Waals surface area contributed by atoms with Crippen LogP contribution in [0, 0.1) is 0 Å². The van der Waals surface area contributed by atoms with Crippen LogP contribution in [0.15, 0.2) is 19.0 Å². The van der Waals surface area contributed by atoms with Crippen LogP contribution in [0.4, 0.5) is 0 Å². The molecule has 1 rings (SSSR count). The topological polar surface area (TPSA) is 25.8 Å². The molecule has 0 saturated carbocycles. The van der Waals surface area contributed by atoms with Gasteiger partial charge in [-0.3, -0.25) is 4.98 Å². The van der Waals surface area contributed by atoms with Gasteiger partial charge in [-0.2, -0.15) is 0 Å². The summed E-state index contributed by atoms with van der Waals surface area (Å²) < 4.78 is 0. The first-order chi connectivity index (χ1) is 5.24. The van der Waals surface area contributed by atoms with Gasteiger partial charge >= 0.3 is 0 Å². The van der Waals surface area contributed by atoms with Crippen LogP contribution >= 0.6 is 0 Å². The lowest BCUT2D eigenvalue weighted by Gasteiger charge is -2.02. The van der Waals surface area contributed by atoms with E-state index in [9.17, 15) is 0 Å². The summed E-state index contributed by atoms with van der Waals surface area (Å²) in [5.74, 6) is 0.433. The van der Waals surface area contributed by atoms with Crippen LogP contribution in [0.5, 0.6) is 0 Å². The molecule has 0 amide bonds. The minimum atomic E-state index is 0.433. The molecule has 0 fully saturated rings. The molecule has 0 N–H and O–H groups in total. The normalized spacial score (nSPS) is 10.1. The third-order valence-electron chi connectivity index (χ3n) is 1.47. The van der Waals surface area contributed by atoms with Crippen LogP contribution in [-0.2, 0) is 0 Å². The lowest BCUT2D eigenvalue weighted by Crippen LogP contribution is -1.95. The fourth-order valence-electron chi connectivity index (χ4n) is 0.773. The van der Waals surface area contributed by atoms with Gasteiger partial charge in [-0.05, 0) is 12.0 Å². The van der Waals surface area contributed by atoms with E-state index in [0.29, 0.717) is 5.92 Å². The van der Waals surface area contributed by atoms with E-state index in [1.54, 1.807) is 18.5 Å². The zero-order valence-corrected chi connectivity index (χ0v) is 6.91. The van der Waals surface area contributed by atoms with Crippen molar-refractivity contribution in [1.29, 1.82) is 0 Å². The molecule has 58 valence electrons. The Labute approximate surface area is 67.0 Å². The molecule has 1 aromatic heterocycles. The van der Waals surface area contributed by atoms with Crippen molar-refractivity contribution < 1.29 is 0 Å². The van der Waals surface area contributed by atoms with Crippen molar-refractivity contribution in [2.75, 3.05) is 0 Å². The van der Waals surface area contributed by atoms with Gasteiger partial charge in [0.15, 0.2) is 0 Å². The third kappa shape index (κ3) is 1.87. The van der Waals surface area contributed by atoms with E-state index in [1.807, 2.05) is 0 Å². The Balaban J connectivity index is 3.00. The monoisotopic (exact) mass is 148 g/mol. The van der Waals surface area contributed by atoms with Gasteiger partial charge in [0.1, 0.15) is 0 Å². The highest BCUT2D eigenvalue weighted by Gasteiger charge is 1.99. The first-order valence-corrected chi connectivity index (χ1v) is 3.68. The summed E-state index contributed by atoms with van der Waals surface area (Å²) in [4.78, 5) is 8.35. The van der Waals surface area contributed by atoms with E-state index >= 15 is 0 Å². The molecule has 0 unspecified atom stereocenters. The maximum Gasteiger partial charge on any atom is 0.0810 e. The maximum atomic E-state index is 4.31. The minimum Gasteiger partial charge on any atom is -0.261 e. The maximum absolute atomic E-state index is 4.31. The zero-order valence-electron chi connectivity index (χ0n) is 6.91. The molecule has 0 aliphatic rings. The lowest BCUT2D eigenvalue weighted by molar-refractivity contribution is 0.809. The summed E-state index contributed by atoms with van der Waals surface area (Å²) in [6, 6.07) is 0. The summed E-state index contributed by atoms with van der Waals surface area (Å²) >= 11 is 0. The van der Waals surface area contributed by atoms with Gasteiger partial charge in [-0.15, -0.1) is 0 Å². The highest BCUT2D eigenvalue weighted by Crippen LogP contribution is 2.09. The molecule has 0 saturated heterocycles. The summed E-state index contributed by atoms with van der Waals surface area (Å²) in [5, 5.41) is 0. The van der Waals surface area contributed by atoms with Crippen LogP contribution in [0.25, 0.3) is 6.08 Å². The molecule has 0 bridgehead atoms. The molecule has 1 aromatic rings. The van der Waals surface area contributed by atoms with Gasteiger partial charge in [0.05, 0.1) is 17.6 Å². The minimum absolute atomic E-state index is 0.433. The molecule has 11 heavy (non-hydrogen) atoms. The van der Waals surface area contributed by atoms with Crippen molar-refractivity contribution in [2.24, 2.45) is 0 Å². The second kappa shape index (κ2) is 3.28. The Morgan fingerprint density at radius 3 is 2.73 bits per heavy atom. The lowest BCUT2D eigenvalue weighted by atomic mass is 10.1. The average molecular weight is 148 g/mol. The summed E-state index contributed by atoms with van der Waals surface area (Å²) in [6.45, 7) is 7.82. The Morgan fingerprint density at radius 1 is 1.45 bits per heavy atom. The van der Waals surface area contributed by atoms with Crippen molar-refractivity contribution in [1.82, 2.24) is 9.97 Å². The molecular formula is C9H12N2. The second-order valence-corrected chi connectivity index (χ2v) is 2.73. The first kappa shape index (κ1) is 7.92. The Hall–Kier alpha value is -1.18. The number of rotatable bonds is 2. The molecule has 1 heterocycles. The molecule has 0 aromatic carbocycles. The Kier molecular flexibility index (Phi) is 2.36. The molecule has 0 spiro atoms. The van der Waals surface area contributed by atoms with Gasteiger partial charge in [-0.1, -0.05) is 20.4 Å². The summed E-state index contributed by atoms with van der Waals surface area (Å²) in [6.07, 6.45) is 5.20. The van der Waals surface area contributed by atoms with E-state index in [2.05, 4.69) is 30.4 Å². The zero-order chi connectivity index (χ0) is 8.27. The predicted molar refractivity (Wildman–Crippen MR) is 46.2 cm³/mol. The van der Waals surface area contributed by atoms with Gasteiger partial charge in [-0.25, -0.2) is 4.98 Å². The predicted octanol–water partition coefficient (Wildman–Crippen LogP) is 2.24. The molecule has 2 nitrogen and oxygen atoms in total. The second-order valence-electron chi connectivity index (χ2n) is 2.73. The highest BCUT2D eigenvalue weighted by molar-refractivity contribution is 5.39. The van der Waals surface area contributed by atoms with E-state index in [-0.39, 0.29) is 0 Å². The SMILES string of the molecule is C=Cc1cncc(C(C)C)n1. The van der Waals surface area contributed by atoms with Gasteiger partial charge in [0.2, 0.25) is 0 Å². The largest absolute Gasteiger partial charge is 0.261 e. The van der Waals surface area contributed by atoms with Gasteiger partial charge in [0.25, 0.3) is 0 Å². The van der Waals surface area contributed by atoms with Gasteiger partial charge < -0.3 is 0 Å². The number of hydrogen-bond acceptors (Lipinski definition) is 2. The van der Waals surface area contributed by atoms with Crippen LogP contribution in [0.3, 0.4) is 0 Å². The Bertz CT molecular complexity index is 253. The summed E-state index contributed by atoms with van der Waals surface area (Å²) in [7, 11) is 0. The highest BCUT2D eigenvalue weighted by atomic mass is 14.8. The average Bonchev–Trinajstić information content (AvgIpc) is 2.05. The van der Waals surface area contributed by atoms with E-state index in [4.69, 9.17) is 0 Å². The number of nitrogens with zero attached hydrogens (tertiary/aromatic N) is 2. The molecule has 0 aliphatic carbocycles. The first-order valence-electron chi connectivity index (χ1n) is 3.68. The van der Waals surface area contributed by atoms with Crippen LogP contribution in [0.2, 0.25) is 0 Å². The standard InChI is InChI=1S/C9H12N2/c1-4-8-5-10-6-9(11-8)7(2)3/h4-7H,1H2,2-3H3. The fraction of sp³-hybridized carbons (Fsp3) is 0.333. The fourth-order valence-corrected chi connectivity index (χ4v) is 0.773. The number of aromatic nitrogens is 2. The van der Waals surface area contributed by atoms with Crippen LogP contribution in [-0.4, -0.2) is 9.97 Å². The van der Waals surface area contributed by atoms with Crippen LogP contribution < -0.4 is 0 Å². The van der Waals surface area contributed by atoms with Crippen molar-refractivity contribution in [2.45, 2.75) is 19.8 Å².